The lowest BCUT2D eigenvalue weighted by Crippen LogP contribution is -2.55. The van der Waals surface area contributed by atoms with Gasteiger partial charge in [0.25, 0.3) is 5.91 Å². The third-order valence-electron chi connectivity index (χ3n) is 5.83. The van der Waals surface area contributed by atoms with E-state index in [1.807, 2.05) is 29.2 Å². The van der Waals surface area contributed by atoms with Crippen LogP contribution in [0.4, 0.5) is 4.39 Å². The van der Waals surface area contributed by atoms with Gasteiger partial charge in [-0.3, -0.25) is 9.69 Å². The van der Waals surface area contributed by atoms with Crippen LogP contribution in [-0.4, -0.2) is 59.6 Å². The van der Waals surface area contributed by atoms with E-state index < -0.39 is 0 Å². The lowest BCUT2D eigenvalue weighted by Gasteiger charge is -2.41. The average Bonchev–Trinajstić information content (AvgIpc) is 3.54. The number of rotatable bonds is 6. The van der Waals surface area contributed by atoms with Gasteiger partial charge in [-0.15, -0.1) is 0 Å². The van der Waals surface area contributed by atoms with Gasteiger partial charge in [-0.05, 0) is 60.6 Å². The van der Waals surface area contributed by atoms with Crippen LogP contribution in [-0.2, 0) is 0 Å². The van der Waals surface area contributed by atoms with Crippen molar-refractivity contribution in [3.63, 3.8) is 0 Å². The molecule has 2 aromatic carbocycles. The third kappa shape index (κ3) is 4.42. The summed E-state index contributed by atoms with van der Waals surface area (Å²) in [6.07, 6.45) is 3.31. The normalized spacial score (nSPS) is 20.4. The number of benzene rings is 2. The zero-order valence-corrected chi connectivity index (χ0v) is 16.1. The minimum absolute atomic E-state index is 0.0259. The molecule has 1 atom stereocenters. The SMILES string of the molecule is O=C(c1cccc(-c2ccc(F)cc2)c1)N1CCN(CC2CC2)[C@H](CCO)C1. The van der Waals surface area contributed by atoms with Gasteiger partial charge >= 0.3 is 0 Å². The van der Waals surface area contributed by atoms with E-state index in [0.717, 1.165) is 30.1 Å². The van der Waals surface area contributed by atoms with Gasteiger partial charge in [0.05, 0.1) is 0 Å². The Hall–Kier alpha value is -2.24. The molecule has 4 rings (SSSR count). The Morgan fingerprint density at radius 3 is 2.57 bits per heavy atom. The fourth-order valence-corrected chi connectivity index (χ4v) is 4.03. The molecule has 1 saturated carbocycles. The Balaban J connectivity index is 1.47. The van der Waals surface area contributed by atoms with Gasteiger partial charge in [0.15, 0.2) is 0 Å². The minimum Gasteiger partial charge on any atom is -0.396 e. The van der Waals surface area contributed by atoms with E-state index in [1.54, 1.807) is 12.1 Å². The standard InChI is InChI=1S/C23H27FN2O2/c24-21-8-6-18(7-9-21)19-2-1-3-20(14-19)23(28)26-12-11-25(15-17-4-5-17)22(16-26)10-13-27/h1-3,6-9,14,17,22,27H,4-5,10-13,15-16H2/t22-/m1/s1. The van der Waals surface area contributed by atoms with Crippen LogP contribution in [0.1, 0.15) is 29.6 Å². The van der Waals surface area contributed by atoms with Gasteiger partial charge in [-0.25, -0.2) is 4.39 Å². The molecule has 1 amide bonds. The van der Waals surface area contributed by atoms with Gasteiger partial charge in [-0.2, -0.15) is 0 Å². The van der Waals surface area contributed by atoms with Gasteiger partial charge < -0.3 is 10.0 Å². The number of carbonyl (C=O) groups is 1. The van der Waals surface area contributed by atoms with E-state index in [2.05, 4.69) is 4.90 Å². The highest BCUT2D eigenvalue weighted by molar-refractivity contribution is 5.95. The Kier molecular flexibility index (Phi) is 5.74. The molecule has 0 aromatic heterocycles. The van der Waals surface area contributed by atoms with Crippen molar-refractivity contribution >= 4 is 5.91 Å². The molecule has 0 spiro atoms. The summed E-state index contributed by atoms with van der Waals surface area (Å²) < 4.78 is 13.2. The third-order valence-corrected chi connectivity index (χ3v) is 5.83. The number of nitrogens with zero attached hydrogens (tertiary/aromatic N) is 2. The van der Waals surface area contributed by atoms with Gasteiger partial charge in [0, 0.05) is 44.4 Å². The molecule has 4 nitrogen and oxygen atoms in total. The van der Waals surface area contributed by atoms with Crippen molar-refractivity contribution in [2.45, 2.75) is 25.3 Å². The fraction of sp³-hybridized carbons (Fsp3) is 0.435. The summed E-state index contributed by atoms with van der Waals surface area (Å²) >= 11 is 0. The van der Waals surface area contributed by atoms with Crippen LogP contribution >= 0.6 is 0 Å². The number of aliphatic hydroxyl groups is 1. The molecule has 1 heterocycles. The smallest absolute Gasteiger partial charge is 0.253 e. The highest BCUT2D eigenvalue weighted by Gasteiger charge is 2.33. The molecule has 0 unspecified atom stereocenters. The van der Waals surface area contributed by atoms with Crippen LogP contribution in [0.25, 0.3) is 11.1 Å². The second-order valence-electron chi connectivity index (χ2n) is 7.94. The van der Waals surface area contributed by atoms with Gasteiger partial charge in [-0.1, -0.05) is 24.3 Å². The molecule has 148 valence electrons. The monoisotopic (exact) mass is 382 g/mol. The number of piperazine rings is 1. The molecule has 1 saturated heterocycles. The lowest BCUT2D eigenvalue weighted by atomic mass is 10.0. The first-order valence-electron chi connectivity index (χ1n) is 10.1. The molecule has 0 bridgehead atoms. The minimum atomic E-state index is -0.269. The maximum Gasteiger partial charge on any atom is 0.253 e. The fourth-order valence-electron chi connectivity index (χ4n) is 4.03. The van der Waals surface area contributed by atoms with E-state index in [9.17, 15) is 14.3 Å². The zero-order valence-electron chi connectivity index (χ0n) is 16.1. The predicted octanol–water partition coefficient (Wildman–Crippen LogP) is 3.41. The molecule has 28 heavy (non-hydrogen) atoms. The van der Waals surface area contributed by atoms with E-state index >= 15 is 0 Å². The van der Waals surface area contributed by atoms with E-state index in [-0.39, 0.29) is 24.4 Å². The van der Waals surface area contributed by atoms with Crippen molar-refractivity contribution in [3.05, 3.63) is 59.9 Å². The number of hydrogen-bond acceptors (Lipinski definition) is 3. The Morgan fingerprint density at radius 2 is 1.86 bits per heavy atom. The largest absolute Gasteiger partial charge is 0.396 e. The Bertz CT molecular complexity index is 820. The summed E-state index contributed by atoms with van der Waals surface area (Å²) in [7, 11) is 0. The summed E-state index contributed by atoms with van der Waals surface area (Å²) in [5.74, 6) is 0.559. The van der Waals surface area contributed by atoms with E-state index in [0.29, 0.717) is 25.1 Å². The Morgan fingerprint density at radius 1 is 1.07 bits per heavy atom. The predicted molar refractivity (Wildman–Crippen MR) is 108 cm³/mol. The first-order chi connectivity index (χ1) is 13.6. The number of amides is 1. The molecule has 1 aliphatic heterocycles. The summed E-state index contributed by atoms with van der Waals surface area (Å²) in [5.41, 5.74) is 2.45. The Labute approximate surface area is 165 Å². The highest BCUT2D eigenvalue weighted by atomic mass is 19.1. The van der Waals surface area contributed by atoms with Crippen molar-refractivity contribution in [2.24, 2.45) is 5.92 Å². The number of aliphatic hydroxyl groups excluding tert-OH is 1. The average molecular weight is 382 g/mol. The van der Waals surface area contributed by atoms with Crippen molar-refractivity contribution in [1.29, 1.82) is 0 Å². The molecule has 0 radical (unpaired) electrons. The van der Waals surface area contributed by atoms with Crippen molar-refractivity contribution in [1.82, 2.24) is 9.80 Å². The molecule has 5 heteroatoms. The summed E-state index contributed by atoms with van der Waals surface area (Å²) in [4.78, 5) is 17.5. The van der Waals surface area contributed by atoms with E-state index in [1.165, 1.54) is 25.0 Å². The van der Waals surface area contributed by atoms with Crippen molar-refractivity contribution < 1.29 is 14.3 Å². The van der Waals surface area contributed by atoms with Crippen LogP contribution in [0.2, 0.25) is 0 Å². The van der Waals surface area contributed by atoms with Crippen LogP contribution in [0, 0.1) is 11.7 Å². The highest BCUT2D eigenvalue weighted by Crippen LogP contribution is 2.31. The van der Waals surface area contributed by atoms with Crippen LogP contribution < -0.4 is 0 Å². The van der Waals surface area contributed by atoms with Crippen molar-refractivity contribution in [2.75, 3.05) is 32.8 Å². The van der Waals surface area contributed by atoms with Crippen LogP contribution in [0.15, 0.2) is 48.5 Å². The summed E-state index contributed by atoms with van der Waals surface area (Å²) in [5, 5.41) is 9.45. The lowest BCUT2D eigenvalue weighted by molar-refractivity contribution is 0.0407. The molecular weight excluding hydrogens is 355 g/mol. The summed E-state index contributed by atoms with van der Waals surface area (Å²) in [6, 6.07) is 14.1. The first kappa shape index (κ1) is 19.1. The molecule has 2 fully saturated rings. The second-order valence-corrected chi connectivity index (χ2v) is 7.94. The molecule has 2 aliphatic rings. The molecular formula is C23H27FN2O2. The second kappa shape index (κ2) is 8.41. The number of carbonyl (C=O) groups excluding carboxylic acids is 1. The van der Waals surface area contributed by atoms with Crippen LogP contribution in [0.3, 0.4) is 0 Å². The molecule has 1 aliphatic carbocycles. The zero-order chi connectivity index (χ0) is 19.5. The van der Waals surface area contributed by atoms with Crippen LogP contribution in [0.5, 0.6) is 0 Å². The quantitative estimate of drug-likeness (QED) is 0.833. The van der Waals surface area contributed by atoms with Crippen molar-refractivity contribution in [3.8, 4) is 11.1 Å². The maximum absolute atomic E-state index is 13.2. The molecule has 1 N–H and O–H groups in total. The first-order valence-corrected chi connectivity index (χ1v) is 10.1. The number of hydrogen-bond donors (Lipinski definition) is 1. The topological polar surface area (TPSA) is 43.8 Å². The summed E-state index contributed by atoms with van der Waals surface area (Å²) in [6.45, 7) is 3.48. The van der Waals surface area contributed by atoms with Gasteiger partial charge in [0.1, 0.15) is 5.82 Å². The maximum atomic E-state index is 13.2. The molecule has 2 aromatic rings. The van der Waals surface area contributed by atoms with E-state index in [4.69, 9.17) is 0 Å². The number of halogens is 1. The van der Waals surface area contributed by atoms with Gasteiger partial charge in [0.2, 0.25) is 0 Å².